The van der Waals surface area contributed by atoms with Gasteiger partial charge >= 0.3 is 0 Å². The number of hydrogen-bond donors (Lipinski definition) is 0. The standard InChI is InChI=1S/C29H25ClN2O/c30-25-15-11-22(12-16-25)13-18-29-31-27-9-3-4-10-28(27)32(29)19-5-6-20-33-26-17-14-23-7-1-2-8-24(23)21-26/h1-4,7-18,21H,5-6,19-20H2/b18-13+. The summed E-state index contributed by atoms with van der Waals surface area (Å²) in [6.45, 7) is 1.59. The zero-order chi connectivity index (χ0) is 22.5. The molecule has 0 fully saturated rings. The maximum absolute atomic E-state index is 6.02. The first kappa shape index (κ1) is 21.3. The number of unbranched alkanes of at least 4 members (excludes halogenated alkanes) is 1. The van der Waals surface area contributed by atoms with E-state index in [0.717, 1.165) is 52.6 Å². The minimum atomic E-state index is 0.695. The van der Waals surface area contributed by atoms with Crippen molar-refractivity contribution in [2.24, 2.45) is 0 Å². The SMILES string of the molecule is Clc1ccc(/C=C/c2nc3ccccc3n2CCCCOc2ccc3ccccc3c2)cc1. The molecule has 0 bridgehead atoms. The van der Waals surface area contributed by atoms with Crippen LogP contribution < -0.4 is 4.74 Å². The van der Waals surface area contributed by atoms with Gasteiger partial charge in [0.1, 0.15) is 11.6 Å². The second-order valence-electron chi connectivity index (χ2n) is 8.06. The van der Waals surface area contributed by atoms with Crippen LogP contribution in [-0.4, -0.2) is 16.2 Å². The van der Waals surface area contributed by atoms with Gasteiger partial charge in [-0.3, -0.25) is 0 Å². The molecule has 4 aromatic carbocycles. The molecule has 0 spiro atoms. The molecule has 1 aromatic heterocycles. The number of halogens is 1. The first-order valence-corrected chi connectivity index (χ1v) is 11.6. The fourth-order valence-electron chi connectivity index (χ4n) is 4.02. The van der Waals surface area contributed by atoms with E-state index >= 15 is 0 Å². The van der Waals surface area contributed by atoms with Crippen LogP contribution in [0.3, 0.4) is 0 Å². The highest BCUT2D eigenvalue weighted by molar-refractivity contribution is 6.30. The number of nitrogens with zero attached hydrogens (tertiary/aromatic N) is 2. The molecule has 0 saturated carbocycles. The molecule has 3 nitrogen and oxygen atoms in total. The number of hydrogen-bond acceptors (Lipinski definition) is 2. The summed E-state index contributed by atoms with van der Waals surface area (Å²) < 4.78 is 8.31. The second kappa shape index (κ2) is 9.93. The van der Waals surface area contributed by atoms with Crippen molar-refractivity contribution >= 4 is 45.6 Å². The van der Waals surface area contributed by atoms with Crippen LogP contribution in [-0.2, 0) is 6.54 Å². The smallest absolute Gasteiger partial charge is 0.133 e. The monoisotopic (exact) mass is 452 g/mol. The zero-order valence-corrected chi connectivity index (χ0v) is 19.1. The van der Waals surface area contributed by atoms with Gasteiger partial charge in [0.15, 0.2) is 0 Å². The zero-order valence-electron chi connectivity index (χ0n) is 18.3. The number of benzene rings is 4. The molecule has 0 atom stereocenters. The summed E-state index contributed by atoms with van der Waals surface area (Å²) in [5, 5.41) is 3.18. The average molecular weight is 453 g/mol. The molecule has 1 heterocycles. The van der Waals surface area contributed by atoms with Crippen LogP contribution >= 0.6 is 11.6 Å². The largest absolute Gasteiger partial charge is 0.494 e. The van der Waals surface area contributed by atoms with Gasteiger partial charge in [-0.05, 0) is 71.7 Å². The van der Waals surface area contributed by atoms with Crippen LogP contribution in [0.5, 0.6) is 5.75 Å². The highest BCUT2D eigenvalue weighted by Crippen LogP contribution is 2.22. The number of fused-ring (bicyclic) bond motifs is 2. The Morgan fingerprint density at radius 2 is 1.58 bits per heavy atom. The van der Waals surface area contributed by atoms with Crippen molar-refractivity contribution in [2.45, 2.75) is 19.4 Å². The summed E-state index contributed by atoms with van der Waals surface area (Å²) in [7, 11) is 0. The molecular formula is C29H25ClN2O. The number of para-hydroxylation sites is 2. The van der Waals surface area contributed by atoms with Crippen molar-refractivity contribution in [3.63, 3.8) is 0 Å². The maximum atomic E-state index is 6.02. The normalized spacial score (nSPS) is 11.5. The molecule has 0 amide bonds. The molecule has 0 saturated heterocycles. The van der Waals surface area contributed by atoms with E-state index in [4.69, 9.17) is 21.3 Å². The van der Waals surface area contributed by atoms with E-state index in [-0.39, 0.29) is 0 Å². The molecule has 0 aliphatic carbocycles. The van der Waals surface area contributed by atoms with Crippen molar-refractivity contribution in [2.75, 3.05) is 6.61 Å². The molecule has 0 aliphatic rings. The van der Waals surface area contributed by atoms with Crippen molar-refractivity contribution in [3.8, 4) is 5.75 Å². The minimum absolute atomic E-state index is 0.695. The van der Waals surface area contributed by atoms with E-state index in [2.05, 4.69) is 71.3 Å². The molecule has 0 N–H and O–H groups in total. The Morgan fingerprint density at radius 1 is 0.788 bits per heavy atom. The van der Waals surface area contributed by atoms with E-state index in [9.17, 15) is 0 Å². The quantitative estimate of drug-likeness (QED) is 0.224. The fourth-order valence-corrected chi connectivity index (χ4v) is 4.15. The lowest BCUT2D eigenvalue weighted by molar-refractivity contribution is 0.304. The van der Waals surface area contributed by atoms with Crippen molar-refractivity contribution in [1.29, 1.82) is 0 Å². The highest BCUT2D eigenvalue weighted by atomic mass is 35.5. The van der Waals surface area contributed by atoms with E-state index in [1.54, 1.807) is 0 Å². The summed E-state index contributed by atoms with van der Waals surface area (Å²) in [4.78, 5) is 4.84. The van der Waals surface area contributed by atoms with Gasteiger partial charge in [-0.25, -0.2) is 4.98 Å². The lowest BCUT2D eigenvalue weighted by Crippen LogP contribution is -2.04. The molecule has 164 valence electrons. The van der Waals surface area contributed by atoms with Crippen molar-refractivity contribution in [1.82, 2.24) is 9.55 Å². The Labute approximate surface area is 198 Å². The van der Waals surface area contributed by atoms with Gasteiger partial charge < -0.3 is 9.30 Å². The predicted molar refractivity (Wildman–Crippen MR) is 139 cm³/mol. The lowest BCUT2D eigenvalue weighted by Gasteiger charge is -2.09. The van der Waals surface area contributed by atoms with E-state index < -0.39 is 0 Å². The molecule has 0 aliphatic heterocycles. The van der Waals surface area contributed by atoms with E-state index in [1.807, 2.05) is 36.4 Å². The number of aryl methyl sites for hydroxylation is 1. The summed E-state index contributed by atoms with van der Waals surface area (Å²) in [6, 6.07) is 30.7. The molecule has 5 rings (SSSR count). The topological polar surface area (TPSA) is 27.1 Å². The summed E-state index contributed by atoms with van der Waals surface area (Å²) in [5.41, 5.74) is 3.27. The second-order valence-corrected chi connectivity index (χ2v) is 8.50. The van der Waals surface area contributed by atoms with Crippen LogP contribution in [0.2, 0.25) is 5.02 Å². The Balaban J connectivity index is 1.24. The fraction of sp³-hybridized carbons (Fsp3) is 0.138. The van der Waals surface area contributed by atoms with E-state index in [0.29, 0.717) is 6.61 Å². The summed E-state index contributed by atoms with van der Waals surface area (Å²) in [5.74, 6) is 1.88. The van der Waals surface area contributed by atoms with Gasteiger partial charge in [-0.15, -0.1) is 0 Å². The van der Waals surface area contributed by atoms with Gasteiger partial charge in [0, 0.05) is 11.6 Å². The number of ether oxygens (including phenoxy) is 1. The van der Waals surface area contributed by atoms with Gasteiger partial charge in [0.25, 0.3) is 0 Å². The Kier molecular flexibility index (Phi) is 6.41. The van der Waals surface area contributed by atoms with E-state index in [1.165, 1.54) is 10.8 Å². The Hall–Kier alpha value is -3.56. The summed E-state index contributed by atoms with van der Waals surface area (Å²) >= 11 is 6.00. The Bertz CT molecular complexity index is 1400. The lowest BCUT2D eigenvalue weighted by atomic mass is 10.1. The molecule has 0 radical (unpaired) electrons. The van der Waals surface area contributed by atoms with Crippen LogP contribution in [0.25, 0.3) is 34.0 Å². The van der Waals surface area contributed by atoms with Crippen molar-refractivity contribution < 1.29 is 4.74 Å². The summed E-state index contributed by atoms with van der Waals surface area (Å²) in [6.07, 6.45) is 6.14. The van der Waals surface area contributed by atoms with Crippen LogP contribution in [0.1, 0.15) is 24.2 Å². The molecule has 33 heavy (non-hydrogen) atoms. The van der Waals surface area contributed by atoms with Gasteiger partial charge in [-0.2, -0.15) is 0 Å². The van der Waals surface area contributed by atoms with Crippen molar-refractivity contribution in [3.05, 3.63) is 107 Å². The first-order chi connectivity index (χ1) is 16.3. The Morgan fingerprint density at radius 3 is 2.45 bits per heavy atom. The van der Waals surface area contributed by atoms with Gasteiger partial charge in [0.2, 0.25) is 0 Å². The maximum Gasteiger partial charge on any atom is 0.133 e. The molecular weight excluding hydrogens is 428 g/mol. The third kappa shape index (κ3) is 5.10. The van der Waals surface area contributed by atoms with Crippen LogP contribution in [0.15, 0.2) is 91.0 Å². The molecule has 0 unspecified atom stereocenters. The average Bonchev–Trinajstić information content (AvgIpc) is 3.21. The third-order valence-electron chi connectivity index (χ3n) is 5.74. The molecule has 5 aromatic rings. The first-order valence-electron chi connectivity index (χ1n) is 11.3. The third-order valence-corrected chi connectivity index (χ3v) is 6.00. The number of imidazole rings is 1. The highest BCUT2D eigenvalue weighted by Gasteiger charge is 2.08. The van der Waals surface area contributed by atoms with Gasteiger partial charge in [-0.1, -0.05) is 72.3 Å². The van der Waals surface area contributed by atoms with Crippen LogP contribution in [0.4, 0.5) is 0 Å². The molecule has 4 heteroatoms. The number of rotatable bonds is 8. The predicted octanol–water partition coefficient (Wildman–Crippen LogP) is 7.87. The minimum Gasteiger partial charge on any atom is -0.494 e. The van der Waals surface area contributed by atoms with Gasteiger partial charge in [0.05, 0.1) is 17.6 Å². The van der Waals surface area contributed by atoms with Crippen LogP contribution in [0, 0.1) is 0 Å². The number of aromatic nitrogens is 2.